The fourth-order valence-electron chi connectivity index (χ4n) is 10.3. The van der Waals surface area contributed by atoms with Crippen LogP contribution in [0, 0.1) is 0 Å². The molecule has 6 N–H and O–H groups in total. The van der Waals surface area contributed by atoms with Crippen molar-refractivity contribution in [2.24, 2.45) is 0 Å². The summed E-state index contributed by atoms with van der Waals surface area (Å²) in [5.74, 6) is -1.19. The van der Waals surface area contributed by atoms with Crippen LogP contribution in [0.25, 0.3) is 0 Å². The number of ether oxygens (including phenoxy) is 3. The lowest BCUT2D eigenvalue weighted by atomic mass is 9.99. The topological polar surface area (TPSA) is 175 Å². The average Bonchev–Trinajstić information content (AvgIpc) is 3.43. The first-order valence-corrected chi connectivity index (χ1v) is 32.8. The smallest absolute Gasteiger partial charge is 0.306 e. The summed E-state index contributed by atoms with van der Waals surface area (Å²) in [7, 11) is 0. The summed E-state index contributed by atoms with van der Waals surface area (Å²) in [6.45, 7) is 5.78. The Hall–Kier alpha value is -2.12. The van der Waals surface area contributed by atoms with E-state index in [-0.39, 0.29) is 19.4 Å². The van der Waals surface area contributed by atoms with Gasteiger partial charge in [-0.3, -0.25) is 9.59 Å². The Bertz CT molecular complexity index is 1390. The Labute approximate surface area is 473 Å². The fraction of sp³-hybridized carbons (Fsp3) is 0.879. The molecule has 8 atom stereocenters. The van der Waals surface area contributed by atoms with Crippen molar-refractivity contribution in [2.75, 3.05) is 13.2 Å². The van der Waals surface area contributed by atoms with Crippen molar-refractivity contribution in [1.82, 2.24) is 5.32 Å². The highest BCUT2D eigenvalue weighted by molar-refractivity contribution is 5.80. The summed E-state index contributed by atoms with van der Waals surface area (Å²) in [5, 5.41) is 57.0. The molecule has 0 saturated carbocycles. The molecule has 1 saturated heterocycles. The molecule has 11 nitrogen and oxygen atoms in total. The van der Waals surface area contributed by atoms with Gasteiger partial charge in [0.25, 0.3) is 0 Å². The predicted octanol–water partition coefficient (Wildman–Crippen LogP) is 15.8. The van der Waals surface area contributed by atoms with Gasteiger partial charge in [0.2, 0.25) is 5.91 Å². The molecule has 452 valence electrons. The summed E-state index contributed by atoms with van der Waals surface area (Å²) in [4.78, 5) is 26.6. The monoisotopic (exact) mass is 1090 g/mol. The van der Waals surface area contributed by atoms with Gasteiger partial charge >= 0.3 is 5.97 Å². The molecule has 0 aromatic carbocycles. The van der Waals surface area contributed by atoms with Crippen LogP contribution in [0.5, 0.6) is 0 Å². The molecule has 1 heterocycles. The highest BCUT2D eigenvalue weighted by Crippen LogP contribution is 2.26. The molecule has 1 aliphatic heterocycles. The standard InChI is InChI=1S/C66H123NO10/c1-4-7-10-13-16-19-22-24-26-28-29-30-31-32-34-36-39-42-45-48-51-54-61(71)77-64-63(73)62(72)60(55-68)76-66(64)75-56-57(58(69)52-49-46-43-40-37-21-18-15-12-9-6-3)67-65(74)59(70)53-50-47-44-41-38-35-33-27-25-23-20-17-14-11-8-5-2/h17,20,25,27,49,52,57-60,62-64,66,68-70,72-73H,4-16,18-19,21-24,26,28-48,50-51,53-56H2,1-3H3,(H,67,74)/b20-17-,27-25-,52-49+. The lowest BCUT2D eigenvalue weighted by Crippen LogP contribution is -2.61. The lowest BCUT2D eigenvalue weighted by Gasteiger charge is -2.41. The van der Waals surface area contributed by atoms with Crippen molar-refractivity contribution in [1.29, 1.82) is 0 Å². The van der Waals surface area contributed by atoms with Crippen LogP contribution in [0.15, 0.2) is 36.5 Å². The van der Waals surface area contributed by atoms with Crippen molar-refractivity contribution in [3.05, 3.63) is 36.5 Å². The number of allylic oxidation sites excluding steroid dienone is 5. The number of carbonyl (C=O) groups is 2. The maximum Gasteiger partial charge on any atom is 0.306 e. The van der Waals surface area contributed by atoms with Gasteiger partial charge in [-0.1, -0.05) is 282 Å². The average molecular weight is 1090 g/mol. The molecule has 77 heavy (non-hydrogen) atoms. The third-order valence-corrected chi connectivity index (χ3v) is 15.5. The molecule has 0 spiro atoms. The van der Waals surface area contributed by atoms with E-state index >= 15 is 0 Å². The van der Waals surface area contributed by atoms with Gasteiger partial charge in [-0.2, -0.15) is 0 Å². The number of unbranched alkanes of at least 4 members (excludes halogenated alkanes) is 38. The first kappa shape index (κ1) is 72.9. The summed E-state index contributed by atoms with van der Waals surface area (Å²) in [6.07, 6.45) is 54.7. The van der Waals surface area contributed by atoms with Gasteiger partial charge < -0.3 is 45.1 Å². The zero-order valence-corrected chi connectivity index (χ0v) is 50.1. The predicted molar refractivity (Wildman–Crippen MR) is 320 cm³/mol. The first-order chi connectivity index (χ1) is 37.7. The summed E-state index contributed by atoms with van der Waals surface area (Å²) < 4.78 is 17.6. The highest BCUT2D eigenvalue weighted by atomic mass is 16.7. The van der Waals surface area contributed by atoms with Gasteiger partial charge in [-0.05, 0) is 57.8 Å². The van der Waals surface area contributed by atoms with Crippen LogP contribution in [0.1, 0.15) is 310 Å². The number of aliphatic hydroxyl groups is 5. The fourth-order valence-corrected chi connectivity index (χ4v) is 10.3. The number of esters is 1. The number of hydrogen-bond acceptors (Lipinski definition) is 10. The van der Waals surface area contributed by atoms with Crippen molar-refractivity contribution >= 4 is 11.9 Å². The summed E-state index contributed by atoms with van der Waals surface area (Å²) in [6, 6.07) is -1.02. The van der Waals surface area contributed by atoms with Gasteiger partial charge in [0.15, 0.2) is 12.4 Å². The third kappa shape index (κ3) is 42.4. The molecular weight excluding hydrogens is 967 g/mol. The van der Waals surface area contributed by atoms with Crippen LogP contribution in [-0.4, -0.2) is 99.6 Å². The second-order valence-corrected chi connectivity index (χ2v) is 22.9. The molecule has 0 aromatic rings. The Morgan fingerprint density at radius 2 is 0.896 bits per heavy atom. The zero-order chi connectivity index (χ0) is 56.1. The molecule has 8 unspecified atom stereocenters. The second-order valence-electron chi connectivity index (χ2n) is 22.9. The van der Waals surface area contributed by atoms with Crippen molar-refractivity contribution in [2.45, 2.75) is 359 Å². The number of nitrogens with one attached hydrogen (secondary N) is 1. The maximum atomic E-state index is 13.4. The van der Waals surface area contributed by atoms with E-state index in [1.165, 1.54) is 180 Å². The van der Waals surface area contributed by atoms with Gasteiger partial charge in [0.05, 0.1) is 25.4 Å². The van der Waals surface area contributed by atoms with Crippen LogP contribution in [0.4, 0.5) is 0 Å². The maximum absolute atomic E-state index is 13.4. The molecule has 0 radical (unpaired) electrons. The minimum atomic E-state index is -1.61. The van der Waals surface area contributed by atoms with Crippen LogP contribution in [0.2, 0.25) is 0 Å². The quantitative estimate of drug-likeness (QED) is 0.0195. The van der Waals surface area contributed by atoms with Crippen molar-refractivity contribution < 1.29 is 49.3 Å². The van der Waals surface area contributed by atoms with E-state index in [4.69, 9.17) is 14.2 Å². The molecule has 0 bridgehead atoms. The van der Waals surface area contributed by atoms with Gasteiger partial charge in [0, 0.05) is 6.42 Å². The van der Waals surface area contributed by atoms with Crippen LogP contribution >= 0.6 is 0 Å². The van der Waals surface area contributed by atoms with Gasteiger partial charge in [-0.15, -0.1) is 0 Å². The Balaban J connectivity index is 2.61. The number of carbonyl (C=O) groups excluding carboxylic acids is 2. The molecule has 11 heteroatoms. The SMILES string of the molecule is CCCCC/C=C\C/C=C\CCCCCCCCC(O)C(=O)NC(COC1OC(CO)C(O)C(O)C1OC(=O)CCCCCCCCCCCCCCCCCCCCCCC)C(O)/C=C/CCCCCCCCCCC. The molecule has 1 rings (SSSR count). The van der Waals surface area contributed by atoms with Crippen LogP contribution in [-0.2, 0) is 23.8 Å². The van der Waals surface area contributed by atoms with Crippen molar-refractivity contribution in [3.63, 3.8) is 0 Å². The van der Waals surface area contributed by atoms with E-state index in [2.05, 4.69) is 50.4 Å². The minimum Gasteiger partial charge on any atom is -0.454 e. The molecule has 1 fully saturated rings. The summed E-state index contributed by atoms with van der Waals surface area (Å²) in [5.41, 5.74) is 0. The molecule has 0 aliphatic carbocycles. The second kappa shape index (κ2) is 54.5. The number of amides is 1. The number of hydrogen-bond donors (Lipinski definition) is 6. The normalized spacial score (nSPS) is 19.2. The molecule has 1 amide bonds. The first-order valence-electron chi connectivity index (χ1n) is 32.8. The van der Waals surface area contributed by atoms with Crippen molar-refractivity contribution in [3.8, 4) is 0 Å². The van der Waals surface area contributed by atoms with Gasteiger partial charge in [0.1, 0.15) is 24.4 Å². The van der Waals surface area contributed by atoms with Crippen LogP contribution < -0.4 is 5.32 Å². The molecule has 0 aromatic heterocycles. The van der Waals surface area contributed by atoms with E-state index in [1.807, 2.05) is 6.08 Å². The Kier molecular flexibility index (Phi) is 51.6. The molecular formula is C66H123NO10. The zero-order valence-electron chi connectivity index (χ0n) is 50.1. The van der Waals surface area contributed by atoms with E-state index in [0.29, 0.717) is 12.8 Å². The number of aliphatic hydroxyl groups excluding tert-OH is 5. The number of rotatable bonds is 56. The summed E-state index contributed by atoms with van der Waals surface area (Å²) >= 11 is 0. The largest absolute Gasteiger partial charge is 0.454 e. The van der Waals surface area contributed by atoms with Crippen LogP contribution in [0.3, 0.4) is 0 Å². The third-order valence-electron chi connectivity index (χ3n) is 15.5. The Morgan fingerprint density at radius 3 is 1.35 bits per heavy atom. The Morgan fingerprint density at radius 1 is 0.506 bits per heavy atom. The lowest BCUT2D eigenvalue weighted by molar-refractivity contribution is -0.305. The minimum absolute atomic E-state index is 0.128. The van der Waals surface area contributed by atoms with E-state index < -0.39 is 67.4 Å². The molecule has 1 aliphatic rings. The van der Waals surface area contributed by atoms with E-state index in [9.17, 15) is 35.1 Å². The van der Waals surface area contributed by atoms with E-state index in [0.717, 1.165) is 83.5 Å². The van der Waals surface area contributed by atoms with Gasteiger partial charge in [-0.25, -0.2) is 0 Å². The van der Waals surface area contributed by atoms with E-state index in [1.54, 1.807) is 6.08 Å². The highest BCUT2D eigenvalue weighted by Gasteiger charge is 2.47.